The van der Waals surface area contributed by atoms with E-state index in [1.54, 1.807) is 0 Å². The Labute approximate surface area is 180 Å². The fraction of sp³-hybridized carbons (Fsp3) is 0.167. The van der Waals surface area contributed by atoms with E-state index in [4.69, 9.17) is 9.47 Å². The standard InChI is InChI=1S/C24H18Br2O2/c25-17-5-7-19-15(13-17)3-9-21-23(19)24-20-8-6-18(26)14-16(20)4-10-22(24)28-12-2-1-11-27-21/h3-10,13-14H,1-2,11-12H2. The zero-order chi connectivity index (χ0) is 19.1. The van der Waals surface area contributed by atoms with Crippen LogP contribution in [0.2, 0.25) is 0 Å². The second-order valence-electron chi connectivity index (χ2n) is 7.01. The number of hydrogen-bond donors (Lipinski definition) is 0. The highest BCUT2D eigenvalue weighted by Crippen LogP contribution is 2.46. The first kappa shape index (κ1) is 18.0. The van der Waals surface area contributed by atoms with Gasteiger partial charge >= 0.3 is 0 Å². The van der Waals surface area contributed by atoms with Gasteiger partial charge in [0.25, 0.3) is 0 Å². The molecule has 4 heteroatoms. The van der Waals surface area contributed by atoms with E-state index in [1.807, 2.05) is 0 Å². The van der Waals surface area contributed by atoms with Gasteiger partial charge in [0, 0.05) is 20.1 Å². The maximum Gasteiger partial charge on any atom is 0.127 e. The van der Waals surface area contributed by atoms with Crippen molar-refractivity contribution in [1.29, 1.82) is 0 Å². The van der Waals surface area contributed by atoms with E-state index in [0.29, 0.717) is 13.2 Å². The largest absolute Gasteiger partial charge is 0.493 e. The molecule has 0 bridgehead atoms. The Kier molecular flexibility index (Phi) is 4.77. The first-order valence-corrected chi connectivity index (χ1v) is 11.0. The molecule has 0 saturated heterocycles. The highest BCUT2D eigenvalue weighted by molar-refractivity contribution is 9.10. The maximum absolute atomic E-state index is 6.26. The molecule has 0 unspecified atom stereocenters. The van der Waals surface area contributed by atoms with Gasteiger partial charge in [0.1, 0.15) is 11.5 Å². The summed E-state index contributed by atoms with van der Waals surface area (Å²) in [6.45, 7) is 1.40. The topological polar surface area (TPSA) is 18.5 Å². The van der Waals surface area contributed by atoms with Crippen LogP contribution < -0.4 is 9.47 Å². The molecule has 1 aliphatic heterocycles. The third-order valence-electron chi connectivity index (χ3n) is 5.19. The summed E-state index contributed by atoms with van der Waals surface area (Å²) in [4.78, 5) is 0. The molecule has 28 heavy (non-hydrogen) atoms. The number of benzene rings is 4. The summed E-state index contributed by atoms with van der Waals surface area (Å²) in [5.74, 6) is 1.83. The van der Waals surface area contributed by atoms with E-state index in [1.165, 1.54) is 21.5 Å². The normalized spacial score (nSPS) is 14.1. The van der Waals surface area contributed by atoms with Crippen LogP contribution in [-0.2, 0) is 0 Å². The van der Waals surface area contributed by atoms with E-state index in [9.17, 15) is 0 Å². The Morgan fingerprint density at radius 1 is 0.571 bits per heavy atom. The molecule has 0 fully saturated rings. The van der Waals surface area contributed by atoms with Crippen LogP contribution in [0, 0.1) is 0 Å². The molecule has 4 aromatic rings. The van der Waals surface area contributed by atoms with Crippen LogP contribution in [0.25, 0.3) is 32.7 Å². The van der Waals surface area contributed by atoms with Gasteiger partial charge in [-0.25, -0.2) is 0 Å². The van der Waals surface area contributed by atoms with Crippen molar-refractivity contribution >= 4 is 53.4 Å². The molecule has 2 nitrogen and oxygen atoms in total. The minimum atomic E-state index is 0.698. The van der Waals surface area contributed by atoms with Crippen molar-refractivity contribution in [3.8, 4) is 22.6 Å². The molecule has 0 amide bonds. The van der Waals surface area contributed by atoms with Crippen molar-refractivity contribution in [2.24, 2.45) is 0 Å². The average molecular weight is 498 g/mol. The monoisotopic (exact) mass is 496 g/mol. The number of halogens is 2. The van der Waals surface area contributed by atoms with Crippen molar-refractivity contribution in [2.75, 3.05) is 13.2 Å². The Morgan fingerprint density at radius 3 is 1.50 bits per heavy atom. The van der Waals surface area contributed by atoms with Crippen molar-refractivity contribution in [3.05, 3.63) is 69.6 Å². The highest BCUT2D eigenvalue weighted by atomic mass is 79.9. The van der Waals surface area contributed by atoms with Crippen molar-refractivity contribution in [2.45, 2.75) is 12.8 Å². The molecule has 0 radical (unpaired) electrons. The van der Waals surface area contributed by atoms with Gasteiger partial charge in [-0.3, -0.25) is 0 Å². The van der Waals surface area contributed by atoms with E-state index in [0.717, 1.165) is 44.4 Å². The van der Waals surface area contributed by atoms with Gasteiger partial charge in [-0.1, -0.05) is 56.1 Å². The third kappa shape index (κ3) is 3.19. The summed E-state index contributed by atoms with van der Waals surface area (Å²) in [5, 5.41) is 4.69. The Morgan fingerprint density at radius 2 is 1.04 bits per heavy atom. The zero-order valence-corrected chi connectivity index (χ0v) is 18.3. The van der Waals surface area contributed by atoms with Gasteiger partial charge in [-0.15, -0.1) is 0 Å². The smallest absolute Gasteiger partial charge is 0.127 e. The second-order valence-corrected chi connectivity index (χ2v) is 8.84. The first-order valence-electron chi connectivity index (χ1n) is 9.41. The minimum Gasteiger partial charge on any atom is -0.493 e. The minimum absolute atomic E-state index is 0.698. The number of ether oxygens (including phenoxy) is 2. The Hall–Kier alpha value is -2.04. The lowest BCUT2D eigenvalue weighted by Gasteiger charge is -2.21. The summed E-state index contributed by atoms with van der Waals surface area (Å²) in [5.41, 5.74) is 2.21. The van der Waals surface area contributed by atoms with Gasteiger partial charge in [-0.05, 0) is 70.8 Å². The lowest BCUT2D eigenvalue weighted by atomic mass is 9.92. The summed E-state index contributed by atoms with van der Waals surface area (Å²) in [7, 11) is 0. The number of hydrogen-bond acceptors (Lipinski definition) is 2. The molecule has 4 aromatic carbocycles. The van der Waals surface area contributed by atoms with Gasteiger partial charge in [-0.2, -0.15) is 0 Å². The van der Waals surface area contributed by atoms with Gasteiger partial charge in [0.15, 0.2) is 0 Å². The number of fused-ring (bicyclic) bond motifs is 7. The van der Waals surface area contributed by atoms with Gasteiger partial charge in [0.05, 0.1) is 13.2 Å². The van der Waals surface area contributed by atoms with Crippen LogP contribution in [0.3, 0.4) is 0 Å². The van der Waals surface area contributed by atoms with Crippen molar-refractivity contribution in [1.82, 2.24) is 0 Å². The predicted octanol–water partition coefficient (Wildman–Crippen LogP) is 7.74. The SMILES string of the molecule is Brc1ccc2c3c(ccc2c1)OCCCCOc1ccc2cc(Br)ccc2c1-3. The van der Waals surface area contributed by atoms with Crippen LogP contribution in [-0.4, -0.2) is 13.2 Å². The molecule has 0 spiro atoms. The van der Waals surface area contributed by atoms with Gasteiger partial charge < -0.3 is 9.47 Å². The highest BCUT2D eigenvalue weighted by Gasteiger charge is 2.20. The molecule has 0 saturated carbocycles. The molecule has 0 N–H and O–H groups in total. The molecule has 1 aliphatic rings. The molecular formula is C24H18Br2O2. The van der Waals surface area contributed by atoms with Crippen molar-refractivity contribution in [3.63, 3.8) is 0 Å². The average Bonchev–Trinajstić information content (AvgIpc) is 2.70. The maximum atomic E-state index is 6.26. The van der Waals surface area contributed by atoms with Crippen LogP contribution in [0.1, 0.15) is 12.8 Å². The molecule has 5 rings (SSSR count). The summed E-state index contributed by atoms with van der Waals surface area (Å²) < 4.78 is 14.6. The van der Waals surface area contributed by atoms with E-state index in [-0.39, 0.29) is 0 Å². The lowest BCUT2D eigenvalue weighted by molar-refractivity contribution is 0.264. The quantitative estimate of drug-likeness (QED) is 0.247. The fourth-order valence-corrected chi connectivity index (χ4v) is 4.64. The van der Waals surface area contributed by atoms with Crippen LogP contribution >= 0.6 is 31.9 Å². The van der Waals surface area contributed by atoms with Crippen molar-refractivity contribution < 1.29 is 9.47 Å². The molecule has 1 heterocycles. The fourth-order valence-electron chi connectivity index (χ4n) is 3.89. The summed E-state index contributed by atoms with van der Waals surface area (Å²) >= 11 is 7.20. The predicted molar refractivity (Wildman–Crippen MR) is 123 cm³/mol. The molecule has 0 atom stereocenters. The van der Waals surface area contributed by atoms with Gasteiger partial charge in [0.2, 0.25) is 0 Å². The molecule has 140 valence electrons. The Balaban J connectivity index is 1.92. The van der Waals surface area contributed by atoms with E-state index < -0.39 is 0 Å². The summed E-state index contributed by atoms with van der Waals surface area (Å²) in [6, 6.07) is 21.2. The first-order chi connectivity index (χ1) is 13.7. The molecule has 0 aromatic heterocycles. The molecule has 0 aliphatic carbocycles. The van der Waals surface area contributed by atoms with E-state index in [2.05, 4.69) is 92.5 Å². The third-order valence-corrected chi connectivity index (χ3v) is 6.18. The second kappa shape index (κ2) is 7.41. The van der Waals surface area contributed by atoms with Crippen LogP contribution in [0.4, 0.5) is 0 Å². The lowest BCUT2D eigenvalue weighted by Crippen LogP contribution is -2.07. The van der Waals surface area contributed by atoms with Crippen LogP contribution in [0.5, 0.6) is 11.5 Å². The summed E-state index contributed by atoms with van der Waals surface area (Å²) in [6.07, 6.45) is 1.96. The zero-order valence-electron chi connectivity index (χ0n) is 15.2. The van der Waals surface area contributed by atoms with E-state index >= 15 is 0 Å². The number of rotatable bonds is 0. The van der Waals surface area contributed by atoms with Crippen LogP contribution in [0.15, 0.2) is 69.6 Å². The molecular weight excluding hydrogens is 480 g/mol. The Bertz CT molecular complexity index is 1110.